The first-order chi connectivity index (χ1) is 7.78. The summed E-state index contributed by atoms with van der Waals surface area (Å²) in [4.78, 5) is 6.26. The Balaban J connectivity index is 2.11. The number of anilines is 1. The molecule has 1 heterocycles. The lowest BCUT2D eigenvalue weighted by atomic mass is 10.3. The quantitative estimate of drug-likeness (QED) is 0.884. The highest BCUT2D eigenvalue weighted by atomic mass is 32.2. The summed E-state index contributed by atoms with van der Waals surface area (Å²) in [6.45, 7) is 0. The van der Waals surface area contributed by atoms with Gasteiger partial charge in [-0.2, -0.15) is 0 Å². The second-order valence-electron chi connectivity index (χ2n) is 3.20. The van der Waals surface area contributed by atoms with E-state index < -0.39 is 0 Å². The summed E-state index contributed by atoms with van der Waals surface area (Å²) in [6, 6.07) is 11.7. The van der Waals surface area contributed by atoms with Crippen molar-refractivity contribution in [2.45, 2.75) is 9.79 Å². The number of aromatic nitrogens is 1. The van der Waals surface area contributed by atoms with Gasteiger partial charge in [0.2, 0.25) is 0 Å². The number of nitrogen functional groups attached to an aromatic ring is 1. The highest BCUT2D eigenvalue weighted by Crippen LogP contribution is 2.28. The van der Waals surface area contributed by atoms with E-state index in [4.69, 9.17) is 10.5 Å². The fourth-order valence-electron chi connectivity index (χ4n) is 1.23. The van der Waals surface area contributed by atoms with Crippen LogP contribution in [0.3, 0.4) is 0 Å². The summed E-state index contributed by atoms with van der Waals surface area (Å²) in [5.41, 5.74) is 5.52. The average Bonchev–Trinajstić information content (AvgIpc) is 2.33. The summed E-state index contributed by atoms with van der Waals surface area (Å²) in [5.74, 6) is 1.40. The molecule has 0 aliphatic heterocycles. The molecule has 0 unspecified atom stereocenters. The third-order valence-electron chi connectivity index (χ3n) is 2.05. The molecule has 2 N–H and O–H groups in total. The third kappa shape index (κ3) is 2.67. The molecule has 16 heavy (non-hydrogen) atoms. The Morgan fingerprint density at radius 3 is 2.31 bits per heavy atom. The van der Waals surface area contributed by atoms with Crippen LogP contribution in [-0.4, -0.2) is 12.1 Å². The molecule has 0 saturated carbocycles. The van der Waals surface area contributed by atoms with Crippen LogP contribution in [0.25, 0.3) is 0 Å². The van der Waals surface area contributed by atoms with E-state index in [0.29, 0.717) is 5.82 Å². The summed E-state index contributed by atoms with van der Waals surface area (Å²) >= 11 is 1.64. The smallest absolute Gasteiger partial charge is 0.123 e. The van der Waals surface area contributed by atoms with Crippen LogP contribution in [0.5, 0.6) is 5.75 Å². The van der Waals surface area contributed by atoms with Crippen molar-refractivity contribution >= 4 is 17.6 Å². The van der Waals surface area contributed by atoms with Crippen molar-refractivity contribution in [1.82, 2.24) is 4.98 Å². The van der Waals surface area contributed by atoms with Gasteiger partial charge in [-0.1, -0.05) is 11.8 Å². The van der Waals surface area contributed by atoms with Crippen LogP contribution in [-0.2, 0) is 0 Å². The van der Waals surface area contributed by atoms with Crippen molar-refractivity contribution < 1.29 is 4.74 Å². The van der Waals surface area contributed by atoms with Gasteiger partial charge in [-0.15, -0.1) is 0 Å². The Hall–Kier alpha value is -1.68. The fraction of sp³-hybridized carbons (Fsp3) is 0.0833. The average molecular weight is 232 g/mol. The highest BCUT2D eigenvalue weighted by molar-refractivity contribution is 7.99. The molecule has 0 bridgehead atoms. The van der Waals surface area contributed by atoms with Gasteiger partial charge in [0.25, 0.3) is 0 Å². The SMILES string of the molecule is COc1ccc(Sc2ccc(N)nc2)cc1. The van der Waals surface area contributed by atoms with Crippen LogP contribution in [0, 0.1) is 0 Å². The van der Waals surface area contributed by atoms with Gasteiger partial charge in [-0.3, -0.25) is 0 Å². The van der Waals surface area contributed by atoms with Crippen molar-refractivity contribution in [3.63, 3.8) is 0 Å². The molecular weight excluding hydrogens is 220 g/mol. The zero-order chi connectivity index (χ0) is 11.4. The molecule has 0 aliphatic carbocycles. The molecule has 0 radical (unpaired) electrons. The minimum atomic E-state index is 0.541. The lowest BCUT2D eigenvalue weighted by Gasteiger charge is -2.03. The highest BCUT2D eigenvalue weighted by Gasteiger charge is 1.98. The maximum Gasteiger partial charge on any atom is 0.123 e. The molecule has 0 fully saturated rings. The van der Waals surface area contributed by atoms with Crippen molar-refractivity contribution in [3.05, 3.63) is 42.6 Å². The Kier molecular flexibility index (Phi) is 3.31. The second kappa shape index (κ2) is 4.90. The monoisotopic (exact) mass is 232 g/mol. The molecule has 1 aromatic heterocycles. The number of nitrogens with zero attached hydrogens (tertiary/aromatic N) is 1. The first-order valence-corrected chi connectivity index (χ1v) is 5.63. The zero-order valence-electron chi connectivity index (χ0n) is 8.88. The molecule has 0 amide bonds. The molecule has 0 atom stereocenters. The maximum absolute atomic E-state index is 5.52. The lowest BCUT2D eigenvalue weighted by Crippen LogP contribution is -1.87. The van der Waals surface area contributed by atoms with Gasteiger partial charge in [0.15, 0.2) is 0 Å². The van der Waals surface area contributed by atoms with Gasteiger partial charge in [0.1, 0.15) is 11.6 Å². The summed E-state index contributed by atoms with van der Waals surface area (Å²) in [6.07, 6.45) is 1.77. The largest absolute Gasteiger partial charge is 0.497 e. The standard InChI is InChI=1S/C12H12N2OS/c1-15-9-2-4-10(5-3-9)16-11-6-7-12(13)14-8-11/h2-8H,1H3,(H2,13,14). The molecule has 0 aliphatic rings. The Labute approximate surface area is 98.6 Å². The van der Waals surface area contributed by atoms with E-state index >= 15 is 0 Å². The van der Waals surface area contributed by atoms with E-state index in [2.05, 4.69) is 4.98 Å². The Bertz CT molecular complexity index is 453. The first-order valence-electron chi connectivity index (χ1n) is 4.81. The number of rotatable bonds is 3. The van der Waals surface area contributed by atoms with Gasteiger partial charge in [-0.05, 0) is 36.4 Å². The Morgan fingerprint density at radius 1 is 1.06 bits per heavy atom. The number of benzene rings is 1. The number of nitrogens with two attached hydrogens (primary N) is 1. The van der Waals surface area contributed by atoms with Crippen LogP contribution < -0.4 is 10.5 Å². The minimum Gasteiger partial charge on any atom is -0.497 e. The summed E-state index contributed by atoms with van der Waals surface area (Å²) in [7, 11) is 1.66. The lowest BCUT2D eigenvalue weighted by molar-refractivity contribution is 0.414. The normalized spacial score (nSPS) is 10.1. The zero-order valence-corrected chi connectivity index (χ0v) is 9.70. The van der Waals surface area contributed by atoms with Gasteiger partial charge < -0.3 is 10.5 Å². The predicted molar refractivity (Wildman–Crippen MR) is 65.8 cm³/mol. The fourth-order valence-corrected chi connectivity index (χ4v) is 2.02. The number of hydrogen-bond acceptors (Lipinski definition) is 4. The molecule has 1 aromatic carbocycles. The van der Waals surface area contributed by atoms with Crippen molar-refractivity contribution in [2.75, 3.05) is 12.8 Å². The topological polar surface area (TPSA) is 48.1 Å². The molecule has 2 aromatic rings. The molecule has 0 saturated heterocycles. The van der Waals surface area contributed by atoms with Gasteiger partial charge in [0, 0.05) is 16.0 Å². The predicted octanol–water partition coefficient (Wildman–Crippen LogP) is 2.82. The Morgan fingerprint density at radius 2 is 1.75 bits per heavy atom. The molecule has 82 valence electrons. The van der Waals surface area contributed by atoms with Crippen LogP contribution in [0.1, 0.15) is 0 Å². The minimum absolute atomic E-state index is 0.541. The van der Waals surface area contributed by atoms with E-state index in [-0.39, 0.29) is 0 Å². The van der Waals surface area contributed by atoms with Crippen LogP contribution in [0.2, 0.25) is 0 Å². The molecule has 2 rings (SSSR count). The van der Waals surface area contributed by atoms with E-state index in [9.17, 15) is 0 Å². The van der Waals surface area contributed by atoms with Crippen molar-refractivity contribution in [1.29, 1.82) is 0 Å². The van der Waals surface area contributed by atoms with Crippen LogP contribution in [0.4, 0.5) is 5.82 Å². The van der Waals surface area contributed by atoms with E-state index in [1.165, 1.54) is 0 Å². The number of pyridine rings is 1. The molecular formula is C12H12N2OS. The third-order valence-corrected chi connectivity index (χ3v) is 3.04. The van der Waals surface area contributed by atoms with Gasteiger partial charge >= 0.3 is 0 Å². The van der Waals surface area contributed by atoms with Crippen LogP contribution >= 0.6 is 11.8 Å². The summed E-state index contributed by atoms with van der Waals surface area (Å²) < 4.78 is 5.10. The maximum atomic E-state index is 5.52. The number of methoxy groups -OCH3 is 1. The number of hydrogen-bond donors (Lipinski definition) is 1. The van der Waals surface area contributed by atoms with E-state index in [1.807, 2.05) is 30.3 Å². The second-order valence-corrected chi connectivity index (χ2v) is 4.34. The molecule has 4 heteroatoms. The molecule has 0 spiro atoms. The van der Waals surface area contributed by atoms with Crippen molar-refractivity contribution in [3.8, 4) is 5.75 Å². The van der Waals surface area contributed by atoms with Gasteiger partial charge in [0.05, 0.1) is 7.11 Å². The first kappa shape index (κ1) is 10.8. The van der Waals surface area contributed by atoms with Gasteiger partial charge in [-0.25, -0.2) is 4.98 Å². The number of ether oxygens (including phenoxy) is 1. The van der Waals surface area contributed by atoms with E-state index in [1.54, 1.807) is 31.1 Å². The van der Waals surface area contributed by atoms with Crippen LogP contribution in [0.15, 0.2) is 52.4 Å². The molecule has 3 nitrogen and oxygen atoms in total. The van der Waals surface area contributed by atoms with E-state index in [0.717, 1.165) is 15.5 Å². The van der Waals surface area contributed by atoms with Crippen molar-refractivity contribution in [2.24, 2.45) is 0 Å². The summed E-state index contributed by atoms with van der Waals surface area (Å²) in [5, 5.41) is 0.